The number of carbonyl (C=O) groups excluding carboxylic acids is 1. The topological polar surface area (TPSA) is 87.0 Å². The molecule has 0 aromatic heterocycles. The van der Waals surface area contributed by atoms with Crippen molar-refractivity contribution in [1.82, 2.24) is 0 Å². The molecule has 15 heavy (non-hydrogen) atoms. The van der Waals surface area contributed by atoms with Gasteiger partial charge in [0.05, 0.1) is 0 Å². The van der Waals surface area contributed by atoms with Crippen molar-refractivity contribution < 1.29 is 24.9 Å². The fraction of sp³-hybridized carbons (Fsp3) is 0.222. The average molecular weight is 222 g/mol. The van der Waals surface area contributed by atoms with E-state index < -0.39 is 11.9 Å². The van der Waals surface area contributed by atoms with E-state index in [1.807, 2.05) is 0 Å². The maximum atomic E-state index is 10.7. The molecule has 0 spiro atoms. The van der Waals surface area contributed by atoms with E-state index in [9.17, 15) is 4.79 Å². The van der Waals surface area contributed by atoms with Crippen LogP contribution >= 0.6 is 0 Å². The van der Waals surface area contributed by atoms with Crippen molar-refractivity contribution in [2.75, 3.05) is 0 Å². The molecule has 1 aromatic carbocycles. The summed E-state index contributed by atoms with van der Waals surface area (Å²) in [4.78, 5) is 10.7. The Hall–Kier alpha value is -0.430. The third-order valence-electron chi connectivity index (χ3n) is 1.49. The first-order valence-electron chi connectivity index (χ1n) is 3.88. The van der Waals surface area contributed by atoms with Crippen molar-refractivity contribution in [3.05, 3.63) is 35.9 Å². The van der Waals surface area contributed by atoms with Crippen LogP contribution in [0.4, 0.5) is 0 Å². The second-order valence-electron chi connectivity index (χ2n) is 2.70. The summed E-state index contributed by atoms with van der Waals surface area (Å²) >= 11 is 0. The van der Waals surface area contributed by atoms with Crippen LogP contribution in [0, 0.1) is 0 Å². The van der Waals surface area contributed by atoms with Crippen molar-refractivity contribution in [2.45, 2.75) is 12.6 Å². The molecule has 0 bridgehead atoms. The van der Waals surface area contributed by atoms with Crippen molar-refractivity contribution in [1.29, 1.82) is 0 Å². The van der Waals surface area contributed by atoms with Crippen LogP contribution in [0.3, 0.4) is 0 Å². The average Bonchev–Trinajstić information content (AvgIpc) is 2.14. The summed E-state index contributed by atoms with van der Waals surface area (Å²) in [6.07, 6.45) is 0. The molecule has 1 aromatic rings. The van der Waals surface area contributed by atoms with Gasteiger partial charge in [0, 0.05) is 0 Å². The van der Waals surface area contributed by atoms with E-state index in [0.29, 0.717) is 5.56 Å². The molecule has 0 amide bonds. The van der Waals surface area contributed by atoms with Crippen LogP contribution in [0.2, 0.25) is 0 Å². The first-order chi connectivity index (χ1) is 6.50. The van der Waals surface area contributed by atoms with Gasteiger partial charge in [-0.2, -0.15) is 0 Å². The first kappa shape index (κ1) is 14.6. The molecule has 1 rings (SSSR count). The van der Waals surface area contributed by atoms with E-state index in [4.69, 9.17) is 15.3 Å². The van der Waals surface area contributed by atoms with E-state index >= 15 is 0 Å². The Morgan fingerprint density at radius 3 is 2.20 bits per heavy atom. The van der Waals surface area contributed by atoms with Gasteiger partial charge in [0.25, 0.3) is 0 Å². The minimum absolute atomic E-state index is 0. The van der Waals surface area contributed by atoms with Crippen LogP contribution in [0.15, 0.2) is 30.3 Å². The number of hydrogen-bond donors (Lipinski definition) is 3. The van der Waals surface area contributed by atoms with Gasteiger partial charge in [-0.1, -0.05) is 30.3 Å². The van der Waals surface area contributed by atoms with E-state index in [1.165, 1.54) is 0 Å². The van der Waals surface area contributed by atoms with Gasteiger partial charge in [-0.3, -0.25) is 0 Å². The Morgan fingerprint density at radius 1 is 1.20 bits per heavy atom. The Kier molecular flexibility index (Phi) is 6.04. The second kappa shape index (κ2) is 6.22. The predicted molar refractivity (Wildman–Crippen MR) is 52.8 cm³/mol. The van der Waals surface area contributed by atoms with Gasteiger partial charge in [0.15, 0.2) is 0 Å². The fourth-order valence-electron chi connectivity index (χ4n) is 0.820. The summed E-state index contributed by atoms with van der Waals surface area (Å²) in [5.41, 5.74) is 0.685. The van der Waals surface area contributed by atoms with Crippen molar-refractivity contribution in [2.24, 2.45) is 0 Å². The molecule has 6 heteroatoms. The molecule has 0 atom stereocenters. The molecule has 0 saturated heterocycles. The predicted octanol–water partition coefficient (Wildman–Crippen LogP) is -1.29. The van der Waals surface area contributed by atoms with Gasteiger partial charge in [0.2, 0.25) is 0 Å². The van der Waals surface area contributed by atoms with Crippen LogP contribution in [-0.4, -0.2) is 56.8 Å². The Bertz CT molecular complexity index is 306. The Morgan fingerprint density at radius 2 is 1.73 bits per heavy atom. The van der Waals surface area contributed by atoms with Gasteiger partial charge in [-0.25, -0.2) is 4.79 Å². The molecule has 3 N–H and O–H groups in total. The summed E-state index contributed by atoms with van der Waals surface area (Å²) in [6.45, 7) is -0.122. The summed E-state index contributed by atoms with van der Waals surface area (Å²) in [5, 5.41) is 25.2. The SMILES string of the molecule is O=C(OCc1ccccc1)C(O)(O)O.[NaH]. The number of esters is 1. The first-order valence-corrected chi connectivity index (χ1v) is 3.88. The van der Waals surface area contributed by atoms with Crippen molar-refractivity contribution in [3.8, 4) is 0 Å². The molecule has 0 aliphatic rings. The fourth-order valence-corrected chi connectivity index (χ4v) is 0.820. The molecule has 5 nitrogen and oxygen atoms in total. The second-order valence-corrected chi connectivity index (χ2v) is 2.70. The van der Waals surface area contributed by atoms with Gasteiger partial charge < -0.3 is 20.1 Å². The summed E-state index contributed by atoms with van der Waals surface area (Å²) in [5.74, 6) is -4.92. The molecule has 0 fully saturated rings. The summed E-state index contributed by atoms with van der Waals surface area (Å²) < 4.78 is 4.40. The molecule has 0 radical (unpaired) electrons. The number of ether oxygens (including phenoxy) is 1. The standard InChI is InChI=1S/C9H10O5.Na.H/c10-8(9(11,12)13)14-6-7-4-2-1-3-5-7;;/h1-5,11-13H,6H2;;. The number of benzene rings is 1. The monoisotopic (exact) mass is 222 g/mol. The van der Waals surface area contributed by atoms with E-state index in [1.54, 1.807) is 30.3 Å². The Balaban J connectivity index is 0.00000196. The van der Waals surface area contributed by atoms with Crippen LogP contribution in [0.5, 0.6) is 0 Å². The van der Waals surface area contributed by atoms with Crippen LogP contribution in [0.25, 0.3) is 0 Å². The molecule has 0 heterocycles. The number of carbonyl (C=O) groups is 1. The van der Waals surface area contributed by atoms with Gasteiger partial charge in [-0.15, -0.1) is 0 Å². The number of rotatable bonds is 3. The zero-order valence-corrected chi connectivity index (χ0v) is 7.25. The molecule has 0 saturated carbocycles. The summed E-state index contributed by atoms with van der Waals surface area (Å²) in [7, 11) is 0. The normalized spacial score (nSPS) is 10.3. The molecule has 0 aliphatic heterocycles. The minimum atomic E-state index is -3.42. The van der Waals surface area contributed by atoms with E-state index in [2.05, 4.69) is 4.74 Å². The van der Waals surface area contributed by atoms with Crippen molar-refractivity contribution in [3.63, 3.8) is 0 Å². The van der Waals surface area contributed by atoms with E-state index in [-0.39, 0.29) is 36.2 Å². The Labute approximate surface area is 109 Å². The maximum absolute atomic E-state index is 10.7. The third kappa shape index (κ3) is 5.27. The van der Waals surface area contributed by atoms with Crippen molar-refractivity contribution >= 4 is 35.5 Å². The van der Waals surface area contributed by atoms with Crippen LogP contribution in [0.1, 0.15) is 5.56 Å². The van der Waals surface area contributed by atoms with Gasteiger partial charge >= 0.3 is 41.5 Å². The number of hydrogen-bond acceptors (Lipinski definition) is 5. The van der Waals surface area contributed by atoms with Crippen LogP contribution in [-0.2, 0) is 16.1 Å². The molecular weight excluding hydrogens is 211 g/mol. The number of aliphatic hydroxyl groups is 3. The molecular formula is C9H11NaO5. The zero-order chi connectivity index (χ0) is 10.6. The van der Waals surface area contributed by atoms with Gasteiger partial charge in [0.1, 0.15) is 6.61 Å². The zero-order valence-electron chi connectivity index (χ0n) is 7.25. The van der Waals surface area contributed by atoms with E-state index in [0.717, 1.165) is 0 Å². The third-order valence-corrected chi connectivity index (χ3v) is 1.49. The summed E-state index contributed by atoms with van der Waals surface area (Å²) in [6, 6.07) is 8.67. The molecule has 0 aliphatic carbocycles. The molecule has 0 unspecified atom stereocenters. The van der Waals surface area contributed by atoms with Gasteiger partial charge in [-0.05, 0) is 5.56 Å². The quantitative estimate of drug-likeness (QED) is 0.336. The van der Waals surface area contributed by atoms with Crippen LogP contribution < -0.4 is 0 Å². The molecule has 78 valence electrons.